The fourth-order valence-electron chi connectivity index (χ4n) is 3.93. The first kappa shape index (κ1) is 26.1. The highest BCUT2D eigenvalue weighted by Gasteiger charge is 2.25. The third-order valence-electron chi connectivity index (χ3n) is 5.69. The number of imidazole rings is 1. The maximum Gasteiger partial charge on any atom is 0.333 e. The molecule has 36 heavy (non-hydrogen) atoms. The first-order valence-corrected chi connectivity index (χ1v) is 12.1. The van der Waals surface area contributed by atoms with Crippen LogP contribution in [0.15, 0.2) is 59.4 Å². The number of nitrogens with zero attached hydrogens (tertiary/aromatic N) is 2. The summed E-state index contributed by atoms with van der Waals surface area (Å²) in [6.45, 7) is 0. The van der Waals surface area contributed by atoms with Gasteiger partial charge in [-0.1, -0.05) is 64.6 Å². The summed E-state index contributed by atoms with van der Waals surface area (Å²) in [6.07, 6.45) is 0.118. The second-order valence-electron chi connectivity index (χ2n) is 7.95. The topological polar surface area (TPSA) is 82.3 Å². The van der Waals surface area contributed by atoms with E-state index < -0.39 is 17.9 Å². The molecule has 0 fully saturated rings. The van der Waals surface area contributed by atoms with Crippen LogP contribution < -0.4 is 11.0 Å². The largest absolute Gasteiger partial charge is 0.467 e. The van der Waals surface area contributed by atoms with E-state index in [2.05, 4.69) is 5.32 Å². The van der Waals surface area contributed by atoms with Gasteiger partial charge in [-0.05, 0) is 42.0 Å². The van der Waals surface area contributed by atoms with E-state index in [0.717, 1.165) is 0 Å². The van der Waals surface area contributed by atoms with Gasteiger partial charge >= 0.3 is 11.7 Å². The van der Waals surface area contributed by atoms with E-state index in [0.29, 0.717) is 27.3 Å². The lowest BCUT2D eigenvalue weighted by molar-refractivity contribution is -0.142. The molecular formula is C25H19Cl4N3O4. The Morgan fingerprint density at radius 3 is 2.22 bits per heavy atom. The average Bonchev–Trinajstić information content (AvgIpc) is 3.09. The van der Waals surface area contributed by atoms with Crippen molar-refractivity contribution in [1.29, 1.82) is 0 Å². The van der Waals surface area contributed by atoms with Gasteiger partial charge in [-0.3, -0.25) is 13.9 Å². The second kappa shape index (κ2) is 10.6. The lowest BCUT2D eigenvalue weighted by Crippen LogP contribution is -2.43. The molecule has 1 heterocycles. The van der Waals surface area contributed by atoms with Gasteiger partial charge in [0.2, 0.25) is 0 Å². The molecule has 0 aliphatic rings. The standard InChI is InChI=1S/C25H19Cl4N3O4/c1-31-20-5-3-4-16(27)22(20)32(25(31)35)15-8-6-13(7-9-15)10-19(24(34)36-2)30-23(33)21-17(28)11-14(26)12-18(21)29/h3-9,11-12,19H,10H2,1-2H3,(H,30,33)/t19-/m0/s1. The molecule has 0 spiro atoms. The third-order valence-corrected chi connectivity index (χ3v) is 6.81. The zero-order valence-corrected chi connectivity index (χ0v) is 22.0. The number of hydrogen-bond donors (Lipinski definition) is 1. The Kier molecular flexibility index (Phi) is 7.66. The van der Waals surface area contributed by atoms with Crippen molar-refractivity contribution in [2.75, 3.05) is 7.11 Å². The molecule has 1 aromatic heterocycles. The quantitative estimate of drug-likeness (QED) is 0.314. The number of ether oxygens (including phenoxy) is 1. The number of amides is 1. The molecule has 1 N–H and O–H groups in total. The van der Waals surface area contributed by atoms with Gasteiger partial charge in [0.05, 0.1) is 44.5 Å². The average molecular weight is 567 g/mol. The van der Waals surface area contributed by atoms with Crippen LogP contribution in [0.2, 0.25) is 20.1 Å². The van der Waals surface area contributed by atoms with Crippen LogP contribution in [0, 0.1) is 0 Å². The van der Waals surface area contributed by atoms with Crippen LogP contribution in [0.3, 0.4) is 0 Å². The molecule has 11 heteroatoms. The number of aromatic nitrogens is 2. The molecule has 7 nitrogen and oxygen atoms in total. The Bertz CT molecular complexity index is 1520. The number of carbonyl (C=O) groups is 2. The fraction of sp³-hybridized carbons (Fsp3) is 0.160. The molecular weight excluding hydrogens is 548 g/mol. The minimum absolute atomic E-state index is 0.000746. The highest BCUT2D eigenvalue weighted by Crippen LogP contribution is 2.29. The smallest absolute Gasteiger partial charge is 0.333 e. The number of aryl methyl sites for hydroxylation is 1. The van der Waals surface area contributed by atoms with Gasteiger partial charge in [0.15, 0.2) is 0 Å². The zero-order valence-electron chi connectivity index (χ0n) is 19.0. The van der Waals surface area contributed by atoms with Crippen molar-refractivity contribution >= 4 is 69.3 Å². The van der Waals surface area contributed by atoms with Gasteiger partial charge in [-0.25, -0.2) is 9.59 Å². The van der Waals surface area contributed by atoms with Gasteiger partial charge in [-0.2, -0.15) is 0 Å². The van der Waals surface area contributed by atoms with Crippen LogP contribution >= 0.6 is 46.4 Å². The number of rotatable bonds is 6. The molecule has 0 bridgehead atoms. The number of halogens is 4. The first-order chi connectivity index (χ1) is 17.1. The molecule has 186 valence electrons. The van der Waals surface area contributed by atoms with Crippen LogP contribution in [0.1, 0.15) is 15.9 Å². The molecule has 3 aromatic carbocycles. The minimum Gasteiger partial charge on any atom is -0.467 e. The molecule has 0 radical (unpaired) electrons. The number of esters is 1. The predicted molar refractivity (Wildman–Crippen MR) is 142 cm³/mol. The summed E-state index contributed by atoms with van der Waals surface area (Å²) >= 11 is 24.6. The Balaban J connectivity index is 1.62. The summed E-state index contributed by atoms with van der Waals surface area (Å²) in [4.78, 5) is 38.2. The van der Waals surface area contributed by atoms with Crippen molar-refractivity contribution in [3.8, 4) is 5.69 Å². The summed E-state index contributed by atoms with van der Waals surface area (Å²) in [5.41, 5.74) is 2.35. The van der Waals surface area contributed by atoms with Crippen molar-refractivity contribution < 1.29 is 14.3 Å². The fourth-order valence-corrected chi connectivity index (χ4v) is 5.17. The first-order valence-electron chi connectivity index (χ1n) is 10.6. The van der Waals surface area contributed by atoms with Gasteiger partial charge in [-0.15, -0.1) is 0 Å². The lowest BCUT2D eigenvalue weighted by Gasteiger charge is -2.18. The van der Waals surface area contributed by atoms with Crippen molar-refractivity contribution in [3.63, 3.8) is 0 Å². The van der Waals surface area contributed by atoms with E-state index in [1.54, 1.807) is 43.4 Å². The molecule has 4 aromatic rings. The lowest BCUT2D eigenvalue weighted by atomic mass is 10.0. The SMILES string of the molecule is COC(=O)[C@H](Cc1ccc(-n2c(=O)n(C)c3cccc(Cl)c32)cc1)NC(=O)c1c(Cl)cc(Cl)cc1Cl. The number of fused-ring (bicyclic) bond motifs is 1. The summed E-state index contributed by atoms with van der Waals surface area (Å²) in [5.74, 6) is -1.30. The molecule has 0 saturated carbocycles. The normalized spacial score (nSPS) is 11.9. The number of para-hydroxylation sites is 1. The monoisotopic (exact) mass is 565 g/mol. The highest BCUT2D eigenvalue weighted by molar-refractivity contribution is 6.42. The third kappa shape index (κ3) is 4.97. The van der Waals surface area contributed by atoms with Crippen molar-refractivity contribution in [2.45, 2.75) is 12.5 Å². The highest BCUT2D eigenvalue weighted by atomic mass is 35.5. The number of nitrogens with one attached hydrogen (secondary N) is 1. The summed E-state index contributed by atoms with van der Waals surface area (Å²) in [6, 6.07) is 14.0. The van der Waals surface area contributed by atoms with Crippen LogP contribution in [-0.4, -0.2) is 34.2 Å². The zero-order chi connectivity index (χ0) is 26.1. The summed E-state index contributed by atoms with van der Waals surface area (Å²) in [7, 11) is 2.90. The number of hydrogen-bond acceptors (Lipinski definition) is 4. The van der Waals surface area contributed by atoms with Crippen molar-refractivity contribution in [1.82, 2.24) is 14.5 Å². The van der Waals surface area contributed by atoms with Gasteiger partial charge < -0.3 is 10.1 Å². The Hall–Kier alpha value is -2.97. The minimum atomic E-state index is -1.02. The second-order valence-corrected chi connectivity index (χ2v) is 9.61. The van der Waals surface area contributed by atoms with E-state index in [9.17, 15) is 14.4 Å². The molecule has 4 rings (SSSR count). The van der Waals surface area contributed by atoms with Gasteiger partial charge in [0.25, 0.3) is 5.91 Å². The van der Waals surface area contributed by atoms with Crippen molar-refractivity contribution in [3.05, 3.63) is 96.3 Å². The van der Waals surface area contributed by atoms with Crippen LogP contribution in [0.4, 0.5) is 0 Å². The van der Waals surface area contributed by atoms with Crippen LogP contribution in [-0.2, 0) is 23.0 Å². The van der Waals surface area contributed by atoms with E-state index in [1.165, 1.54) is 28.4 Å². The molecule has 0 unspecified atom stereocenters. The Labute approximate surface area is 226 Å². The van der Waals surface area contributed by atoms with E-state index >= 15 is 0 Å². The predicted octanol–water partition coefficient (Wildman–Crippen LogP) is 5.46. The van der Waals surface area contributed by atoms with E-state index in [-0.39, 0.29) is 32.7 Å². The van der Waals surface area contributed by atoms with Crippen molar-refractivity contribution in [2.24, 2.45) is 7.05 Å². The van der Waals surface area contributed by atoms with Gasteiger partial charge in [0, 0.05) is 18.5 Å². The molecule has 0 aliphatic heterocycles. The molecule has 1 amide bonds. The number of benzene rings is 3. The van der Waals surface area contributed by atoms with E-state index in [1.807, 2.05) is 6.07 Å². The summed E-state index contributed by atoms with van der Waals surface area (Å²) in [5, 5.41) is 3.45. The molecule has 0 saturated heterocycles. The maximum absolute atomic E-state index is 12.9. The van der Waals surface area contributed by atoms with Crippen LogP contribution in [0.5, 0.6) is 0 Å². The summed E-state index contributed by atoms with van der Waals surface area (Å²) < 4.78 is 7.91. The Morgan fingerprint density at radius 1 is 0.972 bits per heavy atom. The maximum atomic E-state index is 12.9. The van der Waals surface area contributed by atoms with Crippen LogP contribution in [0.25, 0.3) is 16.7 Å². The number of carbonyl (C=O) groups excluding carboxylic acids is 2. The van der Waals surface area contributed by atoms with Gasteiger partial charge in [0.1, 0.15) is 6.04 Å². The molecule has 1 atom stereocenters. The van der Waals surface area contributed by atoms with E-state index in [4.69, 9.17) is 51.1 Å². The Morgan fingerprint density at radius 2 is 1.61 bits per heavy atom. The number of methoxy groups -OCH3 is 1. The molecule has 0 aliphatic carbocycles.